The molecule has 4 amide bonds. The molecule has 0 aromatic heterocycles. The van der Waals surface area contributed by atoms with E-state index in [-0.39, 0.29) is 41.6 Å². The van der Waals surface area contributed by atoms with Crippen molar-refractivity contribution in [1.29, 1.82) is 0 Å². The van der Waals surface area contributed by atoms with Gasteiger partial charge in [0, 0.05) is 9.49 Å². The van der Waals surface area contributed by atoms with Crippen LogP contribution in [0.25, 0.3) is 0 Å². The molecule has 1 N–H and O–H groups in total. The van der Waals surface area contributed by atoms with Crippen LogP contribution >= 0.6 is 61.7 Å². The van der Waals surface area contributed by atoms with Crippen molar-refractivity contribution in [2.45, 2.75) is 28.5 Å². The number of phenols is 1. The number of benzene rings is 2. The fourth-order valence-electron chi connectivity index (χ4n) is 6.85. The molecule has 2 aromatic rings. The van der Waals surface area contributed by atoms with E-state index in [1.165, 1.54) is 18.1 Å². The smallest absolute Gasteiger partial charge is 0.254 e. The molecule has 2 saturated heterocycles. The van der Waals surface area contributed by atoms with Crippen LogP contribution in [-0.4, -0.2) is 55.9 Å². The van der Waals surface area contributed by atoms with Crippen LogP contribution < -0.4 is 9.64 Å². The number of hydrogen-bond donors (Lipinski definition) is 1. The largest absolute Gasteiger partial charge is 0.504 e. The monoisotopic (exact) mass is 758 g/mol. The minimum atomic E-state index is -1.92. The third-order valence-electron chi connectivity index (χ3n) is 8.64. The Morgan fingerprint density at radius 3 is 2.40 bits per heavy atom. The Morgan fingerprint density at radius 1 is 1.05 bits per heavy atom. The number of alkyl halides is 3. The predicted octanol–water partition coefficient (Wildman–Crippen LogP) is 4.92. The molecule has 40 heavy (non-hydrogen) atoms. The number of aromatic hydroxyl groups is 1. The van der Waals surface area contributed by atoms with E-state index in [9.17, 15) is 24.3 Å². The van der Waals surface area contributed by atoms with E-state index in [1.54, 1.807) is 24.3 Å². The van der Waals surface area contributed by atoms with Crippen LogP contribution in [0.2, 0.25) is 0 Å². The first-order valence-electron chi connectivity index (χ1n) is 12.5. The Kier molecular flexibility index (Phi) is 6.79. The van der Waals surface area contributed by atoms with E-state index in [4.69, 9.17) is 27.9 Å². The third kappa shape index (κ3) is 3.61. The number of hydrogen-bond acceptors (Lipinski definition) is 6. The maximum atomic E-state index is 14.0. The lowest BCUT2D eigenvalue weighted by Gasteiger charge is -2.50. The number of halogens is 4. The average molecular weight is 760 g/mol. The molecule has 1 saturated carbocycles. The van der Waals surface area contributed by atoms with Crippen molar-refractivity contribution in [3.05, 3.63) is 63.2 Å². The van der Waals surface area contributed by atoms with Crippen LogP contribution in [0.1, 0.15) is 24.3 Å². The van der Waals surface area contributed by atoms with E-state index in [2.05, 4.69) is 38.5 Å². The van der Waals surface area contributed by atoms with Crippen LogP contribution in [0.4, 0.5) is 5.69 Å². The average Bonchev–Trinajstić information content (AvgIpc) is 3.27. The number of amides is 4. The van der Waals surface area contributed by atoms with Gasteiger partial charge in [0.05, 0.1) is 30.1 Å². The zero-order chi connectivity index (χ0) is 28.7. The highest BCUT2D eigenvalue weighted by Gasteiger charge is 2.76. The minimum Gasteiger partial charge on any atom is -0.504 e. The number of anilines is 1. The molecule has 2 aliphatic carbocycles. The number of fused-ring (bicyclic) bond motifs is 4. The quantitative estimate of drug-likeness (QED) is 0.156. The van der Waals surface area contributed by atoms with Gasteiger partial charge in [-0.2, -0.15) is 0 Å². The number of carbonyl (C=O) groups excluding carboxylic acids is 4. The Hall–Kier alpha value is -2.15. The van der Waals surface area contributed by atoms with Crippen molar-refractivity contribution in [3.8, 4) is 11.5 Å². The van der Waals surface area contributed by atoms with Crippen molar-refractivity contribution in [3.63, 3.8) is 0 Å². The standard InChI is InChI=1S/C28H22BrCl2IN2O6/c1-40-20-10-13(2-9-19(20)35)22-16-7-8-17-21(24(37)34(23(17)36)15-5-3-14(32)4-6-15)18(16)11-27(30)25(38)33(12-29)26(39)28(22,27)31/h2-7,9-10,17-18,21-22,35H,8,11-12H2,1H3. The van der Waals surface area contributed by atoms with Gasteiger partial charge in [0.25, 0.3) is 11.8 Å². The van der Waals surface area contributed by atoms with Gasteiger partial charge in [-0.1, -0.05) is 33.6 Å². The fraction of sp³-hybridized carbons (Fsp3) is 0.357. The number of likely N-dealkylation sites (tertiary alicyclic amines) is 1. The minimum absolute atomic E-state index is 0.0929. The van der Waals surface area contributed by atoms with E-state index in [1.807, 2.05) is 18.2 Å². The number of ether oxygens (including phenoxy) is 1. The van der Waals surface area contributed by atoms with Crippen LogP contribution in [0.15, 0.2) is 54.1 Å². The zero-order valence-electron chi connectivity index (χ0n) is 20.9. The van der Waals surface area contributed by atoms with Gasteiger partial charge in [-0.3, -0.25) is 29.0 Å². The number of nitrogens with zero attached hydrogens (tertiary/aromatic N) is 2. The van der Waals surface area contributed by atoms with Gasteiger partial charge in [0.2, 0.25) is 11.8 Å². The molecule has 3 fully saturated rings. The Morgan fingerprint density at radius 2 is 1.75 bits per heavy atom. The number of methoxy groups -OCH3 is 1. The lowest BCUT2D eigenvalue weighted by atomic mass is 9.56. The molecule has 6 unspecified atom stereocenters. The Bertz CT molecular complexity index is 1520. The molecule has 8 nitrogen and oxygen atoms in total. The number of phenolic OH excluding ortho intramolecular Hbond substituents is 1. The van der Waals surface area contributed by atoms with Gasteiger partial charge in [-0.15, -0.1) is 23.2 Å². The van der Waals surface area contributed by atoms with Crippen molar-refractivity contribution < 1.29 is 29.0 Å². The molecular formula is C28H22BrCl2IN2O6. The van der Waals surface area contributed by atoms with Crippen LogP contribution in [0.5, 0.6) is 11.5 Å². The molecule has 6 atom stereocenters. The van der Waals surface area contributed by atoms with Crippen molar-refractivity contribution in [1.82, 2.24) is 4.90 Å². The molecule has 0 radical (unpaired) electrons. The van der Waals surface area contributed by atoms with Crippen LogP contribution in [0, 0.1) is 21.3 Å². The van der Waals surface area contributed by atoms with Crippen molar-refractivity contribution >= 4 is 91.0 Å². The summed E-state index contributed by atoms with van der Waals surface area (Å²) in [6, 6.07) is 11.7. The lowest BCUT2D eigenvalue weighted by Crippen LogP contribution is -2.60. The Balaban J connectivity index is 1.52. The summed E-state index contributed by atoms with van der Waals surface area (Å²) in [5, 5.41) is 10.3. The van der Waals surface area contributed by atoms with Gasteiger partial charge in [-0.25, -0.2) is 0 Å². The van der Waals surface area contributed by atoms with Crippen LogP contribution in [0.3, 0.4) is 0 Å². The molecule has 6 rings (SSSR count). The highest BCUT2D eigenvalue weighted by molar-refractivity contribution is 14.1. The summed E-state index contributed by atoms with van der Waals surface area (Å²) in [4.78, 5) is 53.5. The highest BCUT2D eigenvalue weighted by Crippen LogP contribution is 2.65. The number of allylic oxidation sites excluding steroid dienone is 2. The van der Waals surface area contributed by atoms with Gasteiger partial charge in [0.1, 0.15) is 0 Å². The van der Waals surface area contributed by atoms with Gasteiger partial charge < -0.3 is 9.84 Å². The topological polar surface area (TPSA) is 104 Å². The number of rotatable bonds is 4. The summed E-state index contributed by atoms with van der Waals surface area (Å²) in [6.07, 6.45) is 2.04. The summed E-state index contributed by atoms with van der Waals surface area (Å²) < 4.78 is 6.29. The zero-order valence-corrected chi connectivity index (χ0v) is 26.2. The predicted molar refractivity (Wildman–Crippen MR) is 160 cm³/mol. The molecule has 0 spiro atoms. The first kappa shape index (κ1) is 28.0. The lowest BCUT2D eigenvalue weighted by molar-refractivity contribution is -0.138. The second-order valence-corrected chi connectivity index (χ2v) is 13.4. The molecular weight excluding hydrogens is 738 g/mol. The molecule has 0 bridgehead atoms. The molecule has 2 aromatic carbocycles. The Labute approximate surface area is 261 Å². The maximum absolute atomic E-state index is 14.0. The summed E-state index contributed by atoms with van der Waals surface area (Å²) in [6.45, 7) is 0. The van der Waals surface area contributed by atoms with Gasteiger partial charge in [-0.05, 0) is 83.3 Å². The van der Waals surface area contributed by atoms with E-state index in [0.717, 1.165) is 8.47 Å². The van der Waals surface area contributed by atoms with Gasteiger partial charge >= 0.3 is 0 Å². The summed E-state index contributed by atoms with van der Waals surface area (Å²) in [5.41, 5.74) is 1.54. The SMILES string of the molecule is COc1cc(C2C3=CCC4C(=O)N(c5ccc(I)cc5)C(=O)C4C3CC3(Cl)C(=O)N(CBr)C(=O)C23Cl)ccc1O. The molecule has 4 aliphatic rings. The van der Waals surface area contributed by atoms with Crippen LogP contribution in [-0.2, 0) is 19.2 Å². The summed E-state index contributed by atoms with van der Waals surface area (Å²) >= 11 is 19.8. The molecule has 2 heterocycles. The number of imide groups is 2. The van der Waals surface area contributed by atoms with E-state index in [0.29, 0.717) is 16.8 Å². The van der Waals surface area contributed by atoms with Crippen molar-refractivity contribution in [2.75, 3.05) is 17.5 Å². The molecule has 12 heteroatoms. The first-order valence-corrected chi connectivity index (χ1v) is 15.5. The van der Waals surface area contributed by atoms with E-state index >= 15 is 0 Å². The summed E-state index contributed by atoms with van der Waals surface area (Å²) in [5.74, 6) is -4.95. The number of carbonyl (C=O) groups is 4. The summed E-state index contributed by atoms with van der Waals surface area (Å²) in [7, 11) is 1.40. The van der Waals surface area contributed by atoms with E-state index < -0.39 is 45.2 Å². The first-order chi connectivity index (χ1) is 19.0. The second-order valence-electron chi connectivity index (χ2n) is 10.4. The highest BCUT2D eigenvalue weighted by atomic mass is 127. The van der Waals surface area contributed by atoms with Crippen molar-refractivity contribution in [2.24, 2.45) is 17.8 Å². The fourth-order valence-corrected chi connectivity index (χ4v) is 8.63. The third-order valence-corrected chi connectivity index (χ3v) is 11.3. The normalized spacial score (nSPS) is 33.1. The maximum Gasteiger partial charge on any atom is 0.254 e. The molecule has 2 aliphatic heterocycles. The second kappa shape index (κ2) is 9.71. The molecule has 208 valence electrons. The van der Waals surface area contributed by atoms with Gasteiger partial charge in [0.15, 0.2) is 21.2 Å².